The van der Waals surface area contributed by atoms with Gasteiger partial charge in [0.1, 0.15) is 0 Å². The summed E-state index contributed by atoms with van der Waals surface area (Å²) < 4.78 is 0. The summed E-state index contributed by atoms with van der Waals surface area (Å²) in [7, 11) is 3.93. The molecule has 4 aromatic rings. The monoisotopic (exact) mass is 387 g/mol. The Morgan fingerprint density at radius 3 is 2.45 bits per heavy atom. The Morgan fingerprint density at radius 2 is 1.79 bits per heavy atom. The minimum absolute atomic E-state index is 0.00147. The average molecular weight is 387 g/mol. The van der Waals surface area contributed by atoms with E-state index in [1.807, 2.05) is 62.3 Å². The molecule has 0 atom stereocenters. The topological polar surface area (TPSA) is 127 Å². The first-order valence-corrected chi connectivity index (χ1v) is 9.05. The number of H-pyrrole nitrogens is 1. The van der Waals surface area contributed by atoms with Crippen molar-refractivity contribution in [3.8, 4) is 22.6 Å². The van der Waals surface area contributed by atoms with E-state index in [1.165, 1.54) is 0 Å². The minimum Gasteiger partial charge on any atom is -0.395 e. The largest absolute Gasteiger partial charge is 0.395 e. The van der Waals surface area contributed by atoms with Crippen LogP contribution in [-0.4, -0.2) is 40.2 Å². The van der Waals surface area contributed by atoms with Crippen molar-refractivity contribution in [2.45, 2.75) is 6.92 Å². The summed E-state index contributed by atoms with van der Waals surface area (Å²) in [5.74, 6) is -0.317. The van der Waals surface area contributed by atoms with Crippen molar-refractivity contribution in [1.82, 2.24) is 20.2 Å². The fraction of sp³-hybridized carbons (Fsp3) is 0.143. The lowest BCUT2D eigenvalue weighted by atomic mass is 9.99. The molecular weight excluding hydrogens is 366 g/mol. The molecule has 0 bridgehead atoms. The Labute approximate surface area is 167 Å². The summed E-state index contributed by atoms with van der Waals surface area (Å²) in [6.45, 7) is 1.96. The van der Waals surface area contributed by atoms with E-state index >= 15 is 0 Å². The zero-order valence-electron chi connectivity index (χ0n) is 16.4. The molecule has 29 heavy (non-hydrogen) atoms. The number of aryl methyl sites for hydroxylation is 1. The number of benzene rings is 2. The van der Waals surface area contributed by atoms with Gasteiger partial charge in [0.05, 0.1) is 23.1 Å². The van der Waals surface area contributed by atoms with Crippen molar-refractivity contribution >= 4 is 28.2 Å². The Morgan fingerprint density at radius 1 is 1.07 bits per heavy atom. The number of rotatable bonds is 4. The highest BCUT2D eigenvalue weighted by Gasteiger charge is 2.21. The molecule has 0 aliphatic rings. The second-order valence-electron chi connectivity index (χ2n) is 7.05. The molecule has 0 fully saturated rings. The zero-order chi connectivity index (χ0) is 20.7. The number of primary amides is 1. The van der Waals surface area contributed by atoms with Crippen molar-refractivity contribution in [2.24, 2.45) is 5.73 Å². The van der Waals surface area contributed by atoms with E-state index in [-0.39, 0.29) is 11.4 Å². The lowest BCUT2D eigenvalue weighted by Gasteiger charge is -2.15. The van der Waals surface area contributed by atoms with Crippen LogP contribution in [0.1, 0.15) is 16.1 Å². The molecule has 2 aromatic carbocycles. The first kappa shape index (κ1) is 18.4. The van der Waals surface area contributed by atoms with E-state index in [2.05, 4.69) is 15.2 Å². The first-order chi connectivity index (χ1) is 13.9. The van der Waals surface area contributed by atoms with E-state index in [0.29, 0.717) is 11.5 Å². The molecule has 0 aliphatic carbocycles. The number of carbonyl (C=O) groups is 1. The van der Waals surface area contributed by atoms with E-state index in [1.54, 1.807) is 6.20 Å². The van der Waals surface area contributed by atoms with Crippen LogP contribution in [0.25, 0.3) is 33.5 Å². The van der Waals surface area contributed by atoms with Crippen LogP contribution in [0, 0.1) is 6.92 Å². The van der Waals surface area contributed by atoms with Gasteiger partial charge in [-0.05, 0) is 42.8 Å². The van der Waals surface area contributed by atoms with Crippen molar-refractivity contribution < 1.29 is 4.79 Å². The fourth-order valence-corrected chi connectivity index (χ4v) is 3.33. The van der Waals surface area contributed by atoms with Gasteiger partial charge in [-0.3, -0.25) is 9.89 Å². The summed E-state index contributed by atoms with van der Waals surface area (Å²) in [5.41, 5.74) is 16.9. The number of aromatic amines is 1. The molecule has 2 heterocycles. The molecule has 0 spiro atoms. The van der Waals surface area contributed by atoms with Gasteiger partial charge in [-0.1, -0.05) is 6.07 Å². The summed E-state index contributed by atoms with van der Waals surface area (Å²) in [6, 6.07) is 11.6. The van der Waals surface area contributed by atoms with Gasteiger partial charge in [0.2, 0.25) is 0 Å². The molecule has 0 saturated heterocycles. The summed E-state index contributed by atoms with van der Waals surface area (Å²) >= 11 is 0. The predicted octanol–water partition coefficient (Wildman–Crippen LogP) is 2.74. The fourth-order valence-electron chi connectivity index (χ4n) is 3.33. The van der Waals surface area contributed by atoms with Crippen LogP contribution in [0.15, 0.2) is 42.6 Å². The zero-order valence-corrected chi connectivity index (χ0v) is 16.4. The minimum atomic E-state index is -0.700. The van der Waals surface area contributed by atoms with Gasteiger partial charge in [0.25, 0.3) is 5.91 Å². The summed E-state index contributed by atoms with van der Waals surface area (Å²) in [6.07, 6.45) is 1.72. The number of nitrogens with one attached hydrogen (secondary N) is 1. The first-order valence-electron chi connectivity index (χ1n) is 9.05. The standard InChI is InChI=1S/C21H21N7O/c1-11-4-9-15-14(10-24-27-15)16(11)18-17(22)19(20(23)29)26-21(25-18)12-5-7-13(8-6-12)28(2)3/h4-10H,22H2,1-3H3,(H2,23,29)(H,24,27). The Hall–Kier alpha value is -3.94. The van der Waals surface area contributed by atoms with Crippen molar-refractivity contribution in [3.05, 3.63) is 53.9 Å². The Balaban J connectivity index is 1.98. The van der Waals surface area contributed by atoms with Gasteiger partial charge < -0.3 is 16.4 Å². The van der Waals surface area contributed by atoms with Gasteiger partial charge in [-0.2, -0.15) is 5.10 Å². The number of anilines is 2. The average Bonchev–Trinajstić information content (AvgIpc) is 3.17. The molecule has 8 nitrogen and oxygen atoms in total. The predicted molar refractivity (Wildman–Crippen MR) is 115 cm³/mol. The third-order valence-corrected chi connectivity index (χ3v) is 4.89. The van der Waals surface area contributed by atoms with Crippen molar-refractivity contribution in [2.75, 3.05) is 24.7 Å². The van der Waals surface area contributed by atoms with Crippen LogP contribution in [-0.2, 0) is 0 Å². The highest BCUT2D eigenvalue weighted by atomic mass is 16.1. The van der Waals surface area contributed by atoms with Crippen LogP contribution < -0.4 is 16.4 Å². The smallest absolute Gasteiger partial charge is 0.269 e. The van der Waals surface area contributed by atoms with Crippen LogP contribution >= 0.6 is 0 Å². The molecule has 0 aliphatic heterocycles. The van der Waals surface area contributed by atoms with E-state index in [4.69, 9.17) is 16.5 Å². The van der Waals surface area contributed by atoms with E-state index < -0.39 is 5.91 Å². The number of carbonyl (C=O) groups excluding carboxylic acids is 1. The maximum Gasteiger partial charge on any atom is 0.269 e. The Bertz CT molecular complexity index is 1230. The highest BCUT2D eigenvalue weighted by Crippen LogP contribution is 2.35. The maximum atomic E-state index is 12.1. The number of aromatic nitrogens is 4. The molecule has 8 heteroatoms. The molecule has 5 N–H and O–H groups in total. The van der Waals surface area contributed by atoms with Gasteiger partial charge in [-0.15, -0.1) is 0 Å². The SMILES string of the molecule is Cc1ccc2[nH]ncc2c1-c1nc(-c2ccc(N(C)C)cc2)nc(C(N)=O)c1N. The second kappa shape index (κ2) is 6.90. The van der Waals surface area contributed by atoms with Crippen molar-refractivity contribution in [3.63, 3.8) is 0 Å². The lowest BCUT2D eigenvalue weighted by Crippen LogP contribution is -2.18. The number of fused-ring (bicyclic) bond motifs is 1. The molecule has 4 rings (SSSR count). The Kier molecular flexibility index (Phi) is 4.38. The number of nitrogens with zero attached hydrogens (tertiary/aromatic N) is 4. The highest BCUT2D eigenvalue weighted by molar-refractivity contribution is 6.04. The number of nitrogens with two attached hydrogens (primary N) is 2. The quantitative estimate of drug-likeness (QED) is 0.494. The summed E-state index contributed by atoms with van der Waals surface area (Å²) in [4.78, 5) is 23.1. The van der Waals surface area contributed by atoms with Crippen LogP contribution in [0.2, 0.25) is 0 Å². The molecular formula is C21H21N7O. The third kappa shape index (κ3) is 3.14. The number of hydrogen-bond acceptors (Lipinski definition) is 6. The maximum absolute atomic E-state index is 12.1. The van der Waals surface area contributed by atoms with Gasteiger partial charge in [0.15, 0.2) is 11.5 Å². The molecule has 1 amide bonds. The molecule has 0 saturated carbocycles. The van der Waals surface area contributed by atoms with Crippen LogP contribution in [0.3, 0.4) is 0 Å². The molecule has 2 aromatic heterocycles. The normalized spacial score (nSPS) is 11.0. The third-order valence-electron chi connectivity index (χ3n) is 4.89. The number of amides is 1. The van der Waals surface area contributed by atoms with Crippen LogP contribution in [0.4, 0.5) is 11.4 Å². The van der Waals surface area contributed by atoms with Gasteiger partial charge in [-0.25, -0.2) is 9.97 Å². The van der Waals surface area contributed by atoms with E-state index in [9.17, 15) is 4.79 Å². The number of nitrogen functional groups attached to an aromatic ring is 1. The lowest BCUT2D eigenvalue weighted by molar-refractivity contribution is 0.0996. The van der Waals surface area contributed by atoms with E-state index in [0.717, 1.165) is 33.3 Å². The van der Waals surface area contributed by atoms with Crippen molar-refractivity contribution in [1.29, 1.82) is 0 Å². The van der Waals surface area contributed by atoms with Gasteiger partial charge in [0, 0.05) is 36.3 Å². The van der Waals surface area contributed by atoms with Crippen LogP contribution in [0.5, 0.6) is 0 Å². The molecule has 0 unspecified atom stereocenters. The second-order valence-corrected chi connectivity index (χ2v) is 7.05. The molecule has 0 radical (unpaired) electrons. The number of hydrogen-bond donors (Lipinski definition) is 3. The van der Waals surface area contributed by atoms with Gasteiger partial charge >= 0.3 is 0 Å². The molecule has 146 valence electrons. The summed E-state index contributed by atoms with van der Waals surface area (Å²) in [5, 5.41) is 7.92.